The van der Waals surface area contributed by atoms with E-state index in [0.717, 1.165) is 0 Å². The van der Waals surface area contributed by atoms with Crippen molar-refractivity contribution in [3.05, 3.63) is 73.3 Å². The van der Waals surface area contributed by atoms with Crippen molar-refractivity contribution in [2.75, 3.05) is 13.2 Å². The fourth-order valence-corrected chi connectivity index (χ4v) is 8.34. The first-order valence-electron chi connectivity index (χ1n) is 9.70. The summed E-state index contributed by atoms with van der Waals surface area (Å²) in [4.78, 5) is 0. The number of aliphatic hydroxyl groups is 1. The minimum Gasteiger partial charge on any atom is -0.407 e. The van der Waals surface area contributed by atoms with Crippen molar-refractivity contribution in [1.29, 1.82) is 0 Å². The molecule has 0 saturated heterocycles. The van der Waals surface area contributed by atoms with E-state index in [2.05, 4.69) is 89.7 Å². The molecule has 146 valence electrons. The van der Waals surface area contributed by atoms with Crippen LogP contribution in [0.2, 0.25) is 5.04 Å². The molecule has 0 spiro atoms. The van der Waals surface area contributed by atoms with E-state index in [9.17, 15) is 5.11 Å². The molecule has 0 fully saturated rings. The predicted molar refractivity (Wildman–Crippen MR) is 118 cm³/mol. The van der Waals surface area contributed by atoms with E-state index in [1.165, 1.54) is 10.4 Å². The van der Waals surface area contributed by atoms with Gasteiger partial charge in [-0.15, -0.1) is 6.58 Å². The number of hydrogen-bond acceptors (Lipinski definition) is 2. The Labute approximate surface area is 166 Å². The normalized spacial score (nSPS) is 15.8. The van der Waals surface area contributed by atoms with Crippen molar-refractivity contribution in [3.63, 3.8) is 0 Å². The molecule has 2 aromatic carbocycles. The van der Waals surface area contributed by atoms with Gasteiger partial charge in [0, 0.05) is 12.0 Å². The van der Waals surface area contributed by atoms with Gasteiger partial charge < -0.3 is 9.53 Å². The molecule has 0 aromatic heterocycles. The number of benzene rings is 2. The summed E-state index contributed by atoms with van der Waals surface area (Å²) in [6.45, 7) is 15.5. The SMILES string of the molecule is C=C[C@@H](C)[C@@](C)(CO)CO[Si](c1ccccc1)(c1ccccc1)C(C)(C)C. The first-order valence-corrected chi connectivity index (χ1v) is 11.6. The third-order valence-corrected chi connectivity index (χ3v) is 10.8. The second kappa shape index (κ2) is 8.55. The van der Waals surface area contributed by atoms with E-state index < -0.39 is 8.32 Å². The molecule has 0 radical (unpaired) electrons. The molecule has 0 aliphatic heterocycles. The molecular weight excluding hydrogens is 348 g/mol. The molecule has 0 aliphatic carbocycles. The number of hydrogen-bond donors (Lipinski definition) is 1. The fraction of sp³-hybridized carbons (Fsp3) is 0.417. The lowest BCUT2D eigenvalue weighted by Gasteiger charge is -2.45. The van der Waals surface area contributed by atoms with Gasteiger partial charge in [0.05, 0.1) is 6.61 Å². The Morgan fingerprint density at radius 3 is 1.74 bits per heavy atom. The minimum atomic E-state index is -2.58. The molecule has 0 amide bonds. The Kier molecular flexibility index (Phi) is 6.85. The van der Waals surface area contributed by atoms with Crippen LogP contribution in [0.3, 0.4) is 0 Å². The molecule has 0 heterocycles. The second-order valence-corrected chi connectivity index (χ2v) is 13.1. The summed E-state index contributed by atoms with van der Waals surface area (Å²) in [5.41, 5.74) is -0.366. The molecule has 2 nitrogen and oxygen atoms in total. The molecule has 1 N–H and O–H groups in total. The van der Waals surface area contributed by atoms with Crippen molar-refractivity contribution in [2.24, 2.45) is 11.3 Å². The largest absolute Gasteiger partial charge is 0.407 e. The van der Waals surface area contributed by atoms with Gasteiger partial charge in [-0.05, 0) is 21.3 Å². The van der Waals surface area contributed by atoms with Gasteiger partial charge in [-0.3, -0.25) is 0 Å². The first-order chi connectivity index (χ1) is 12.7. The van der Waals surface area contributed by atoms with Gasteiger partial charge >= 0.3 is 0 Å². The van der Waals surface area contributed by atoms with Crippen molar-refractivity contribution >= 4 is 18.7 Å². The van der Waals surface area contributed by atoms with Crippen LogP contribution in [0, 0.1) is 11.3 Å². The van der Waals surface area contributed by atoms with Crippen molar-refractivity contribution < 1.29 is 9.53 Å². The molecule has 0 saturated carbocycles. The third kappa shape index (κ3) is 4.26. The van der Waals surface area contributed by atoms with Crippen LogP contribution < -0.4 is 10.4 Å². The molecular formula is C24H34O2Si. The van der Waals surface area contributed by atoms with Gasteiger partial charge in [-0.2, -0.15) is 0 Å². The highest BCUT2D eigenvalue weighted by Crippen LogP contribution is 2.39. The Bertz CT molecular complexity index is 682. The van der Waals surface area contributed by atoms with E-state index in [0.29, 0.717) is 6.61 Å². The molecule has 0 aliphatic rings. The van der Waals surface area contributed by atoms with Crippen LogP contribution >= 0.6 is 0 Å². The van der Waals surface area contributed by atoms with Crippen LogP contribution in [0.25, 0.3) is 0 Å². The lowest BCUT2D eigenvalue weighted by Crippen LogP contribution is -2.67. The minimum absolute atomic E-state index is 0.0660. The van der Waals surface area contributed by atoms with Crippen molar-refractivity contribution in [1.82, 2.24) is 0 Å². The predicted octanol–water partition coefficient (Wildman–Crippen LogP) is 4.38. The average molecular weight is 383 g/mol. The van der Waals surface area contributed by atoms with Crippen LogP contribution in [-0.2, 0) is 4.43 Å². The second-order valence-electron chi connectivity index (χ2n) is 8.79. The Morgan fingerprint density at radius 1 is 0.963 bits per heavy atom. The summed E-state index contributed by atoms with van der Waals surface area (Å²) in [6.07, 6.45) is 1.91. The number of rotatable bonds is 8. The van der Waals surface area contributed by atoms with Gasteiger partial charge in [0.25, 0.3) is 8.32 Å². The maximum atomic E-state index is 10.1. The maximum Gasteiger partial charge on any atom is 0.261 e. The highest BCUT2D eigenvalue weighted by Gasteiger charge is 2.51. The molecule has 2 rings (SSSR count). The monoisotopic (exact) mass is 382 g/mol. The van der Waals surface area contributed by atoms with E-state index in [4.69, 9.17) is 4.43 Å². The van der Waals surface area contributed by atoms with Crippen molar-refractivity contribution in [2.45, 2.75) is 39.7 Å². The molecule has 2 atom stereocenters. The smallest absolute Gasteiger partial charge is 0.261 e. The lowest BCUT2D eigenvalue weighted by molar-refractivity contribution is 0.0481. The standard InChI is InChI=1S/C24H34O2Si/c1-7-20(2)24(6,18-25)19-26-27(23(3,4)5,21-14-10-8-11-15-21)22-16-12-9-13-17-22/h7-17,20,25H,1,18-19H2,2-6H3/t20-,24+/m1/s1. The van der Waals surface area contributed by atoms with E-state index in [-0.39, 0.29) is 23.0 Å². The zero-order chi connectivity index (χ0) is 20.1. The van der Waals surface area contributed by atoms with Gasteiger partial charge in [-0.25, -0.2) is 0 Å². The number of allylic oxidation sites excluding steroid dienone is 1. The van der Waals surface area contributed by atoms with Crippen molar-refractivity contribution in [3.8, 4) is 0 Å². The van der Waals surface area contributed by atoms with Crippen LogP contribution in [0.5, 0.6) is 0 Å². The van der Waals surface area contributed by atoms with Gasteiger partial charge in [0.1, 0.15) is 0 Å². The maximum absolute atomic E-state index is 10.1. The highest BCUT2D eigenvalue weighted by atomic mass is 28.4. The Hall–Kier alpha value is -1.68. The summed E-state index contributed by atoms with van der Waals surface area (Å²) in [5.74, 6) is 0.153. The number of aliphatic hydroxyl groups excluding tert-OH is 1. The van der Waals surface area contributed by atoms with Crippen LogP contribution in [0.1, 0.15) is 34.6 Å². The van der Waals surface area contributed by atoms with E-state index in [1.807, 2.05) is 18.2 Å². The lowest BCUT2D eigenvalue weighted by atomic mass is 9.80. The zero-order valence-electron chi connectivity index (χ0n) is 17.4. The molecule has 0 unspecified atom stereocenters. The van der Waals surface area contributed by atoms with Crippen LogP contribution in [0.15, 0.2) is 73.3 Å². The summed E-state index contributed by atoms with van der Waals surface area (Å²) in [7, 11) is -2.58. The van der Waals surface area contributed by atoms with Gasteiger partial charge in [-0.1, -0.05) is 101 Å². The first kappa shape index (κ1) is 21.6. The summed E-state index contributed by atoms with van der Waals surface area (Å²) < 4.78 is 6.98. The fourth-order valence-electron chi connectivity index (χ4n) is 3.64. The molecule has 27 heavy (non-hydrogen) atoms. The summed E-state index contributed by atoms with van der Waals surface area (Å²) in [6, 6.07) is 21.2. The topological polar surface area (TPSA) is 29.5 Å². The molecule has 0 bridgehead atoms. The van der Waals surface area contributed by atoms with Crippen LogP contribution in [-0.4, -0.2) is 26.6 Å². The average Bonchev–Trinajstić information content (AvgIpc) is 2.68. The molecule has 2 aromatic rings. The summed E-state index contributed by atoms with van der Waals surface area (Å²) >= 11 is 0. The van der Waals surface area contributed by atoms with E-state index >= 15 is 0 Å². The molecule has 3 heteroatoms. The third-order valence-electron chi connectivity index (χ3n) is 5.85. The Morgan fingerprint density at radius 2 is 1.41 bits per heavy atom. The highest BCUT2D eigenvalue weighted by molar-refractivity contribution is 6.99. The quantitative estimate of drug-likeness (QED) is 0.542. The van der Waals surface area contributed by atoms with E-state index in [1.54, 1.807) is 0 Å². The zero-order valence-corrected chi connectivity index (χ0v) is 18.4. The summed E-state index contributed by atoms with van der Waals surface area (Å²) in [5, 5.41) is 12.6. The van der Waals surface area contributed by atoms with Gasteiger partial charge in [0.2, 0.25) is 0 Å². The van der Waals surface area contributed by atoms with Gasteiger partial charge in [0.15, 0.2) is 0 Å². The Balaban J connectivity index is 2.61. The van der Waals surface area contributed by atoms with Crippen LogP contribution in [0.4, 0.5) is 0 Å².